The number of halogens is 2. The van der Waals surface area contributed by atoms with Gasteiger partial charge in [0.25, 0.3) is 0 Å². The van der Waals surface area contributed by atoms with E-state index in [0.717, 1.165) is 12.0 Å². The Hall–Kier alpha value is -1.29. The number of benzene rings is 1. The minimum Gasteiger partial charge on any atom is -0.454 e. The van der Waals surface area contributed by atoms with Crippen molar-refractivity contribution in [2.45, 2.75) is 6.42 Å². The van der Waals surface area contributed by atoms with Crippen LogP contribution in [0.15, 0.2) is 36.7 Å². The monoisotopic (exact) mass is 282 g/mol. The predicted octanol–water partition coefficient (Wildman–Crippen LogP) is 3.68. The number of nitrogens with zero attached hydrogens (tertiary/aromatic N) is 1. The van der Waals surface area contributed by atoms with Crippen molar-refractivity contribution in [3.63, 3.8) is 0 Å². The molecule has 94 valence electrons. The average Bonchev–Trinajstić information content (AvgIpc) is 2.33. The third kappa shape index (κ3) is 3.35. The molecule has 0 aliphatic carbocycles. The molecule has 0 spiro atoms. The van der Waals surface area contributed by atoms with E-state index in [4.69, 9.17) is 33.7 Å². The van der Waals surface area contributed by atoms with Gasteiger partial charge in [-0.05, 0) is 30.7 Å². The lowest BCUT2D eigenvalue weighted by Gasteiger charge is -2.08. The second-order valence-electron chi connectivity index (χ2n) is 3.74. The Balaban J connectivity index is 2.19. The van der Waals surface area contributed by atoms with Gasteiger partial charge in [0.05, 0.1) is 16.2 Å². The van der Waals surface area contributed by atoms with Gasteiger partial charge in [-0.25, -0.2) is 0 Å². The van der Waals surface area contributed by atoms with E-state index in [9.17, 15) is 0 Å². The quantitative estimate of drug-likeness (QED) is 0.931. The van der Waals surface area contributed by atoms with Crippen molar-refractivity contribution in [2.24, 2.45) is 5.73 Å². The molecule has 3 nitrogen and oxygen atoms in total. The van der Waals surface area contributed by atoms with Crippen LogP contribution in [0, 0.1) is 0 Å². The Labute approximate surface area is 115 Å². The fourth-order valence-electron chi connectivity index (χ4n) is 1.52. The zero-order valence-electron chi connectivity index (χ0n) is 9.57. The Morgan fingerprint density at radius 2 is 2.00 bits per heavy atom. The molecule has 0 saturated heterocycles. The normalized spacial score (nSPS) is 10.4. The van der Waals surface area contributed by atoms with Gasteiger partial charge in [-0.3, -0.25) is 4.98 Å². The molecule has 2 aromatic rings. The fraction of sp³-hybridized carbons (Fsp3) is 0.154. The van der Waals surface area contributed by atoms with Gasteiger partial charge in [0.2, 0.25) is 0 Å². The highest BCUT2D eigenvalue weighted by Gasteiger charge is 2.05. The maximum atomic E-state index is 6.14. The molecule has 0 aliphatic heterocycles. The topological polar surface area (TPSA) is 48.1 Å². The second kappa shape index (κ2) is 6.05. The first kappa shape index (κ1) is 13.1. The Morgan fingerprint density at radius 1 is 1.17 bits per heavy atom. The maximum Gasteiger partial charge on any atom is 0.147 e. The zero-order valence-corrected chi connectivity index (χ0v) is 11.1. The van der Waals surface area contributed by atoms with E-state index in [0.29, 0.717) is 28.1 Å². The minimum atomic E-state index is 0.517. The standard InChI is InChI=1S/C13H12Cl2N2O/c14-10-6-11(8-17-7-10)18-13-2-1-9(3-4-16)5-12(13)15/h1-2,5-8H,3-4,16H2. The van der Waals surface area contributed by atoms with Gasteiger partial charge < -0.3 is 10.5 Å². The van der Waals surface area contributed by atoms with Crippen LogP contribution in [0.5, 0.6) is 11.5 Å². The number of pyridine rings is 1. The van der Waals surface area contributed by atoms with Crippen LogP contribution in [0.3, 0.4) is 0 Å². The second-order valence-corrected chi connectivity index (χ2v) is 4.59. The number of hydrogen-bond acceptors (Lipinski definition) is 3. The third-order valence-corrected chi connectivity index (χ3v) is 2.84. The highest BCUT2D eigenvalue weighted by molar-refractivity contribution is 6.32. The summed E-state index contributed by atoms with van der Waals surface area (Å²) in [6.07, 6.45) is 3.91. The summed E-state index contributed by atoms with van der Waals surface area (Å²) in [5, 5.41) is 1.06. The van der Waals surface area contributed by atoms with E-state index in [1.54, 1.807) is 18.5 Å². The van der Waals surface area contributed by atoms with E-state index in [1.807, 2.05) is 18.2 Å². The van der Waals surface area contributed by atoms with Crippen molar-refractivity contribution < 1.29 is 4.74 Å². The van der Waals surface area contributed by atoms with Crippen LogP contribution >= 0.6 is 23.2 Å². The summed E-state index contributed by atoms with van der Waals surface area (Å²) >= 11 is 12.0. The molecular weight excluding hydrogens is 271 g/mol. The number of nitrogens with two attached hydrogens (primary N) is 1. The molecule has 1 aromatic carbocycles. The summed E-state index contributed by atoms with van der Waals surface area (Å²) in [4.78, 5) is 3.94. The Morgan fingerprint density at radius 3 is 2.67 bits per heavy atom. The van der Waals surface area contributed by atoms with Crippen molar-refractivity contribution in [3.05, 3.63) is 52.3 Å². The molecule has 1 heterocycles. The molecule has 1 aromatic heterocycles. The molecule has 0 fully saturated rings. The van der Waals surface area contributed by atoms with E-state index < -0.39 is 0 Å². The lowest BCUT2D eigenvalue weighted by atomic mass is 10.1. The van der Waals surface area contributed by atoms with Crippen LogP contribution in [-0.4, -0.2) is 11.5 Å². The number of ether oxygens (including phenoxy) is 1. The van der Waals surface area contributed by atoms with Crippen molar-refractivity contribution in [1.29, 1.82) is 0 Å². The van der Waals surface area contributed by atoms with Gasteiger partial charge in [-0.15, -0.1) is 0 Å². The van der Waals surface area contributed by atoms with Gasteiger partial charge in [0.1, 0.15) is 11.5 Å². The van der Waals surface area contributed by atoms with Crippen LogP contribution in [0.1, 0.15) is 5.56 Å². The lowest BCUT2D eigenvalue weighted by Crippen LogP contribution is -2.02. The largest absolute Gasteiger partial charge is 0.454 e. The molecule has 0 unspecified atom stereocenters. The summed E-state index contributed by atoms with van der Waals surface area (Å²) in [6.45, 7) is 0.592. The Bertz CT molecular complexity index is 546. The highest BCUT2D eigenvalue weighted by Crippen LogP contribution is 2.30. The van der Waals surface area contributed by atoms with Crippen LogP contribution in [-0.2, 0) is 6.42 Å². The van der Waals surface area contributed by atoms with E-state index in [1.165, 1.54) is 0 Å². The molecule has 0 saturated carbocycles. The van der Waals surface area contributed by atoms with Gasteiger partial charge in [-0.2, -0.15) is 0 Å². The molecule has 18 heavy (non-hydrogen) atoms. The minimum absolute atomic E-state index is 0.517. The third-order valence-electron chi connectivity index (χ3n) is 2.34. The zero-order chi connectivity index (χ0) is 13.0. The fourth-order valence-corrected chi connectivity index (χ4v) is 1.93. The molecule has 2 rings (SSSR count). The van der Waals surface area contributed by atoms with Crippen molar-refractivity contribution in [3.8, 4) is 11.5 Å². The van der Waals surface area contributed by atoms with Crippen molar-refractivity contribution in [2.75, 3.05) is 6.54 Å². The van der Waals surface area contributed by atoms with Crippen LogP contribution in [0.25, 0.3) is 0 Å². The average molecular weight is 283 g/mol. The predicted molar refractivity (Wildman–Crippen MR) is 73.5 cm³/mol. The lowest BCUT2D eigenvalue weighted by molar-refractivity contribution is 0.480. The van der Waals surface area contributed by atoms with E-state index in [-0.39, 0.29) is 0 Å². The molecule has 0 bridgehead atoms. The van der Waals surface area contributed by atoms with Gasteiger partial charge in [0.15, 0.2) is 0 Å². The SMILES string of the molecule is NCCc1ccc(Oc2cncc(Cl)c2)c(Cl)c1. The van der Waals surface area contributed by atoms with Crippen molar-refractivity contribution in [1.82, 2.24) is 4.98 Å². The summed E-state index contributed by atoms with van der Waals surface area (Å²) in [7, 11) is 0. The highest BCUT2D eigenvalue weighted by atomic mass is 35.5. The first-order valence-corrected chi connectivity index (χ1v) is 6.21. The molecule has 0 atom stereocenters. The van der Waals surface area contributed by atoms with E-state index in [2.05, 4.69) is 4.98 Å². The van der Waals surface area contributed by atoms with Crippen LogP contribution in [0.4, 0.5) is 0 Å². The number of rotatable bonds is 4. The van der Waals surface area contributed by atoms with Gasteiger partial charge >= 0.3 is 0 Å². The molecule has 0 aliphatic rings. The summed E-state index contributed by atoms with van der Waals surface area (Å²) in [5.41, 5.74) is 6.57. The van der Waals surface area contributed by atoms with Crippen LogP contribution in [0.2, 0.25) is 10.0 Å². The van der Waals surface area contributed by atoms with Gasteiger partial charge in [0, 0.05) is 12.3 Å². The molecule has 0 radical (unpaired) electrons. The Kier molecular flexibility index (Phi) is 4.42. The van der Waals surface area contributed by atoms with Crippen LogP contribution < -0.4 is 10.5 Å². The molecule has 2 N–H and O–H groups in total. The first-order valence-electron chi connectivity index (χ1n) is 5.46. The maximum absolute atomic E-state index is 6.14. The summed E-state index contributed by atoms with van der Waals surface area (Å²) < 4.78 is 5.61. The number of aromatic nitrogens is 1. The smallest absolute Gasteiger partial charge is 0.147 e. The molecular formula is C13H12Cl2N2O. The first-order chi connectivity index (χ1) is 8.69. The van der Waals surface area contributed by atoms with Crippen molar-refractivity contribution >= 4 is 23.2 Å². The van der Waals surface area contributed by atoms with Gasteiger partial charge in [-0.1, -0.05) is 29.3 Å². The van der Waals surface area contributed by atoms with E-state index >= 15 is 0 Å². The molecule has 0 amide bonds. The summed E-state index contributed by atoms with van der Waals surface area (Å²) in [6, 6.07) is 7.28. The summed E-state index contributed by atoms with van der Waals surface area (Å²) in [5.74, 6) is 1.12. The number of hydrogen-bond donors (Lipinski definition) is 1. The molecule has 5 heteroatoms.